The highest BCUT2D eigenvalue weighted by atomic mass is 16.3. The Kier molecular flexibility index (Phi) is 5.79. The summed E-state index contributed by atoms with van der Waals surface area (Å²) in [5, 5.41) is 0. The molecule has 1 unspecified atom stereocenters. The van der Waals surface area contributed by atoms with Crippen LogP contribution in [0.25, 0.3) is 0 Å². The molecule has 1 saturated heterocycles. The fourth-order valence-corrected chi connectivity index (χ4v) is 2.78. The van der Waals surface area contributed by atoms with Crippen molar-refractivity contribution >= 4 is 5.91 Å². The molecule has 1 fully saturated rings. The standard InChI is InChI=1S/C16H27N3O2/c1-12(2)10-13(17)15-18-14(11-21-15)16(20)19-8-6-4-3-5-7-9-19/h11-13H,3-10,17H2,1-2H3. The van der Waals surface area contributed by atoms with Gasteiger partial charge in [-0.1, -0.05) is 33.1 Å². The van der Waals surface area contributed by atoms with Gasteiger partial charge < -0.3 is 15.1 Å². The number of amides is 1. The topological polar surface area (TPSA) is 72.4 Å². The van der Waals surface area contributed by atoms with E-state index in [0.29, 0.717) is 17.5 Å². The molecule has 0 saturated carbocycles. The van der Waals surface area contributed by atoms with Crippen molar-refractivity contribution in [1.29, 1.82) is 0 Å². The molecular weight excluding hydrogens is 266 g/mol. The Labute approximate surface area is 126 Å². The van der Waals surface area contributed by atoms with Gasteiger partial charge in [0.25, 0.3) is 5.91 Å². The number of rotatable bonds is 4. The first kappa shape index (κ1) is 16.0. The zero-order valence-corrected chi connectivity index (χ0v) is 13.2. The largest absolute Gasteiger partial charge is 0.446 e. The highest BCUT2D eigenvalue weighted by Crippen LogP contribution is 2.19. The number of carbonyl (C=O) groups is 1. The molecule has 1 aliphatic heterocycles. The number of hydrogen-bond acceptors (Lipinski definition) is 4. The molecule has 1 aromatic rings. The molecule has 1 atom stereocenters. The van der Waals surface area contributed by atoms with Crippen molar-refractivity contribution in [3.05, 3.63) is 17.8 Å². The number of carbonyl (C=O) groups excluding carboxylic acids is 1. The predicted molar refractivity (Wildman–Crippen MR) is 81.9 cm³/mol. The van der Waals surface area contributed by atoms with Crippen molar-refractivity contribution < 1.29 is 9.21 Å². The molecule has 0 aromatic carbocycles. The second-order valence-electron chi connectivity index (χ2n) is 6.37. The Balaban J connectivity index is 2.00. The van der Waals surface area contributed by atoms with Gasteiger partial charge in [-0.3, -0.25) is 4.79 Å². The van der Waals surface area contributed by atoms with Crippen LogP contribution in [0.4, 0.5) is 0 Å². The molecule has 2 rings (SSSR count). The Hall–Kier alpha value is -1.36. The first-order valence-corrected chi connectivity index (χ1v) is 8.08. The average Bonchev–Trinajstić information content (AvgIpc) is 2.86. The van der Waals surface area contributed by atoms with E-state index >= 15 is 0 Å². The fraction of sp³-hybridized carbons (Fsp3) is 0.750. The second-order valence-corrected chi connectivity index (χ2v) is 6.37. The van der Waals surface area contributed by atoms with E-state index in [2.05, 4.69) is 18.8 Å². The minimum atomic E-state index is -0.237. The minimum absolute atomic E-state index is 0.0244. The number of hydrogen-bond donors (Lipinski definition) is 1. The van der Waals surface area contributed by atoms with Crippen LogP contribution in [0.3, 0.4) is 0 Å². The monoisotopic (exact) mass is 293 g/mol. The van der Waals surface area contributed by atoms with Crippen molar-refractivity contribution in [3.63, 3.8) is 0 Å². The maximum absolute atomic E-state index is 12.5. The first-order chi connectivity index (χ1) is 10.1. The smallest absolute Gasteiger partial charge is 0.275 e. The van der Waals surface area contributed by atoms with Gasteiger partial charge in [-0.15, -0.1) is 0 Å². The van der Waals surface area contributed by atoms with Crippen LogP contribution in [0, 0.1) is 5.92 Å². The van der Waals surface area contributed by atoms with Crippen molar-refractivity contribution in [2.45, 2.75) is 58.4 Å². The lowest BCUT2D eigenvalue weighted by Crippen LogP contribution is -2.34. The van der Waals surface area contributed by atoms with E-state index in [-0.39, 0.29) is 11.9 Å². The number of oxazole rings is 1. The SMILES string of the molecule is CC(C)CC(N)c1nc(C(=O)N2CCCCCCC2)co1. The van der Waals surface area contributed by atoms with Crippen molar-refractivity contribution in [2.24, 2.45) is 11.7 Å². The number of nitrogens with two attached hydrogens (primary N) is 1. The van der Waals surface area contributed by atoms with Crippen molar-refractivity contribution in [2.75, 3.05) is 13.1 Å². The van der Waals surface area contributed by atoms with Crippen LogP contribution < -0.4 is 5.73 Å². The summed E-state index contributed by atoms with van der Waals surface area (Å²) in [6.45, 7) is 5.85. The summed E-state index contributed by atoms with van der Waals surface area (Å²) in [5.41, 5.74) is 6.45. The lowest BCUT2D eigenvalue weighted by Gasteiger charge is -2.23. The van der Waals surface area contributed by atoms with E-state index < -0.39 is 0 Å². The van der Waals surface area contributed by atoms with E-state index in [1.165, 1.54) is 25.5 Å². The Morgan fingerprint density at radius 2 is 1.90 bits per heavy atom. The minimum Gasteiger partial charge on any atom is -0.446 e. The highest BCUT2D eigenvalue weighted by Gasteiger charge is 2.22. The third-order valence-corrected chi connectivity index (χ3v) is 3.93. The first-order valence-electron chi connectivity index (χ1n) is 8.08. The van der Waals surface area contributed by atoms with Crippen LogP contribution in [0.1, 0.15) is 74.8 Å². The van der Waals surface area contributed by atoms with Gasteiger partial charge in [0, 0.05) is 13.1 Å². The van der Waals surface area contributed by atoms with Gasteiger partial charge in [0.05, 0.1) is 6.04 Å². The number of aromatic nitrogens is 1. The molecule has 1 amide bonds. The van der Waals surface area contributed by atoms with Crippen LogP contribution in [-0.4, -0.2) is 28.9 Å². The molecule has 0 radical (unpaired) electrons. The van der Waals surface area contributed by atoms with E-state index in [4.69, 9.17) is 10.2 Å². The third kappa shape index (κ3) is 4.56. The molecule has 118 valence electrons. The van der Waals surface area contributed by atoms with Gasteiger partial charge in [-0.25, -0.2) is 4.98 Å². The molecule has 0 spiro atoms. The van der Waals surface area contributed by atoms with Crippen molar-refractivity contribution in [1.82, 2.24) is 9.88 Å². The maximum Gasteiger partial charge on any atom is 0.275 e. The zero-order valence-electron chi connectivity index (χ0n) is 13.2. The molecule has 5 heteroatoms. The summed E-state index contributed by atoms with van der Waals surface area (Å²) < 4.78 is 5.41. The summed E-state index contributed by atoms with van der Waals surface area (Å²) in [6.07, 6.45) is 8.08. The third-order valence-electron chi connectivity index (χ3n) is 3.93. The summed E-state index contributed by atoms with van der Waals surface area (Å²) in [5.74, 6) is 0.920. The van der Waals surface area contributed by atoms with Crippen LogP contribution in [0.15, 0.2) is 10.7 Å². The Morgan fingerprint density at radius 1 is 1.29 bits per heavy atom. The van der Waals surface area contributed by atoms with Gasteiger partial charge in [0.1, 0.15) is 6.26 Å². The molecule has 0 bridgehead atoms. The van der Waals surface area contributed by atoms with Crippen LogP contribution >= 0.6 is 0 Å². The summed E-state index contributed by atoms with van der Waals surface area (Å²) >= 11 is 0. The average molecular weight is 293 g/mol. The molecule has 1 aromatic heterocycles. The van der Waals surface area contributed by atoms with Gasteiger partial charge in [0.15, 0.2) is 5.69 Å². The molecule has 2 N–H and O–H groups in total. The normalized spacial score (nSPS) is 18.4. The van der Waals surface area contributed by atoms with E-state index in [0.717, 1.165) is 32.4 Å². The second kappa shape index (κ2) is 7.59. The lowest BCUT2D eigenvalue weighted by atomic mass is 10.0. The fourth-order valence-electron chi connectivity index (χ4n) is 2.78. The zero-order chi connectivity index (χ0) is 15.2. The predicted octanol–water partition coefficient (Wildman–Crippen LogP) is 3.13. The Morgan fingerprint density at radius 3 is 2.52 bits per heavy atom. The Bertz CT molecular complexity index is 448. The highest BCUT2D eigenvalue weighted by molar-refractivity contribution is 5.92. The molecular formula is C16H27N3O2. The van der Waals surface area contributed by atoms with Crippen LogP contribution in [-0.2, 0) is 0 Å². The van der Waals surface area contributed by atoms with Gasteiger partial charge in [-0.05, 0) is 25.2 Å². The molecule has 21 heavy (non-hydrogen) atoms. The van der Waals surface area contributed by atoms with Gasteiger partial charge in [0.2, 0.25) is 5.89 Å². The lowest BCUT2D eigenvalue weighted by molar-refractivity contribution is 0.0736. The number of nitrogens with zero attached hydrogens (tertiary/aromatic N) is 2. The van der Waals surface area contributed by atoms with Crippen LogP contribution in [0.5, 0.6) is 0 Å². The quantitative estimate of drug-likeness (QED) is 0.925. The van der Waals surface area contributed by atoms with Crippen molar-refractivity contribution in [3.8, 4) is 0 Å². The summed E-state index contributed by atoms with van der Waals surface area (Å²) in [4.78, 5) is 18.7. The van der Waals surface area contributed by atoms with Crippen LogP contribution in [0.2, 0.25) is 0 Å². The van der Waals surface area contributed by atoms with Gasteiger partial charge >= 0.3 is 0 Å². The molecule has 0 aliphatic carbocycles. The van der Waals surface area contributed by atoms with E-state index in [9.17, 15) is 4.79 Å². The molecule has 1 aliphatic rings. The maximum atomic E-state index is 12.5. The van der Waals surface area contributed by atoms with E-state index in [1.807, 2.05) is 4.90 Å². The van der Waals surface area contributed by atoms with Gasteiger partial charge in [-0.2, -0.15) is 0 Å². The molecule has 5 nitrogen and oxygen atoms in total. The summed E-state index contributed by atoms with van der Waals surface area (Å²) in [6, 6.07) is -0.237. The number of likely N-dealkylation sites (tertiary alicyclic amines) is 1. The molecule has 2 heterocycles. The summed E-state index contributed by atoms with van der Waals surface area (Å²) in [7, 11) is 0. The van der Waals surface area contributed by atoms with E-state index in [1.54, 1.807) is 0 Å².